The molecule has 2 heteroatoms. The summed E-state index contributed by atoms with van der Waals surface area (Å²) in [6.45, 7) is 20.0. The first-order valence-corrected chi connectivity index (χ1v) is 8.81. The van der Waals surface area contributed by atoms with E-state index in [0.29, 0.717) is 6.42 Å². The topological polar surface area (TPSA) is 26.3 Å². The molecular weight excluding hydrogens is 296 g/mol. The van der Waals surface area contributed by atoms with E-state index in [-0.39, 0.29) is 11.4 Å². The van der Waals surface area contributed by atoms with Gasteiger partial charge < -0.3 is 4.74 Å². The van der Waals surface area contributed by atoms with Crippen LogP contribution in [0.25, 0.3) is 0 Å². The summed E-state index contributed by atoms with van der Waals surface area (Å²) in [5, 5.41) is 0. The summed E-state index contributed by atoms with van der Waals surface area (Å²) in [7, 11) is 0. The second-order valence-corrected chi connectivity index (χ2v) is 7.67. The highest BCUT2D eigenvalue weighted by Gasteiger charge is 2.29. The molecular formula is C22H36O2. The predicted molar refractivity (Wildman–Crippen MR) is 105 cm³/mol. The first-order chi connectivity index (χ1) is 11.1. The molecule has 0 saturated carbocycles. The zero-order chi connectivity index (χ0) is 18.8. The number of carbonyl (C=O) groups excluding carboxylic acids is 1. The van der Waals surface area contributed by atoms with Gasteiger partial charge in [0.15, 0.2) is 0 Å². The van der Waals surface area contributed by atoms with Crippen LogP contribution in [0.15, 0.2) is 48.6 Å². The summed E-state index contributed by atoms with van der Waals surface area (Å²) in [5.74, 6) is -0.186. The van der Waals surface area contributed by atoms with E-state index < -0.39 is 5.60 Å². The molecule has 0 amide bonds. The van der Waals surface area contributed by atoms with E-state index in [2.05, 4.69) is 59.9 Å². The zero-order valence-electron chi connectivity index (χ0n) is 16.6. The van der Waals surface area contributed by atoms with E-state index in [4.69, 9.17) is 4.74 Å². The van der Waals surface area contributed by atoms with Gasteiger partial charge in [0.2, 0.25) is 0 Å². The Kier molecular flexibility index (Phi) is 9.65. The van der Waals surface area contributed by atoms with Crippen molar-refractivity contribution in [2.45, 2.75) is 79.2 Å². The predicted octanol–water partition coefficient (Wildman–Crippen LogP) is 6.55. The summed E-state index contributed by atoms with van der Waals surface area (Å²) >= 11 is 0. The van der Waals surface area contributed by atoms with Gasteiger partial charge >= 0.3 is 5.97 Å². The Morgan fingerprint density at radius 2 is 1.42 bits per heavy atom. The Labute approximate surface area is 149 Å². The summed E-state index contributed by atoms with van der Waals surface area (Å²) in [6, 6.07) is 0. The highest BCUT2D eigenvalue weighted by molar-refractivity contribution is 5.71. The van der Waals surface area contributed by atoms with Crippen molar-refractivity contribution in [1.82, 2.24) is 0 Å². The Morgan fingerprint density at radius 1 is 0.917 bits per heavy atom. The van der Waals surface area contributed by atoms with Gasteiger partial charge in [0, 0.05) is 0 Å². The molecule has 0 fully saturated rings. The number of rotatable bonds is 11. The Hall–Kier alpha value is -1.57. The molecule has 0 aromatic carbocycles. The van der Waals surface area contributed by atoms with Crippen molar-refractivity contribution in [3.8, 4) is 0 Å². The van der Waals surface area contributed by atoms with Crippen molar-refractivity contribution in [2.24, 2.45) is 5.41 Å². The smallest absolute Gasteiger partial charge is 0.307 e. The molecule has 0 heterocycles. The number of hydrogen-bond acceptors (Lipinski definition) is 2. The molecule has 0 aliphatic carbocycles. The van der Waals surface area contributed by atoms with E-state index in [0.717, 1.165) is 25.7 Å². The lowest BCUT2D eigenvalue weighted by atomic mass is 9.82. The summed E-state index contributed by atoms with van der Waals surface area (Å²) in [5.41, 5.74) is 1.70. The van der Waals surface area contributed by atoms with Crippen LogP contribution in [0.5, 0.6) is 0 Å². The van der Waals surface area contributed by atoms with Gasteiger partial charge in [0.25, 0.3) is 0 Å². The molecule has 2 nitrogen and oxygen atoms in total. The van der Waals surface area contributed by atoms with Crippen molar-refractivity contribution in [1.29, 1.82) is 0 Å². The van der Waals surface area contributed by atoms with Crippen LogP contribution in [0.3, 0.4) is 0 Å². The average Bonchev–Trinajstić information content (AvgIpc) is 2.46. The van der Waals surface area contributed by atoms with Crippen LogP contribution in [0.1, 0.15) is 73.6 Å². The van der Waals surface area contributed by atoms with Crippen LogP contribution < -0.4 is 0 Å². The molecule has 24 heavy (non-hydrogen) atoms. The molecule has 0 saturated heterocycles. The Bertz CT molecular complexity index is 446. The molecule has 0 radical (unpaired) electrons. The normalized spacial score (nSPS) is 15.4. The third kappa shape index (κ3) is 9.54. The summed E-state index contributed by atoms with van der Waals surface area (Å²) in [6.07, 6.45) is 11.8. The van der Waals surface area contributed by atoms with Crippen molar-refractivity contribution >= 4 is 5.97 Å². The third-order valence-corrected chi connectivity index (χ3v) is 4.28. The second kappa shape index (κ2) is 10.3. The minimum Gasteiger partial charge on any atom is -0.455 e. The van der Waals surface area contributed by atoms with Gasteiger partial charge in [-0.3, -0.25) is 4.79 Å². The van der Waals surface area contributed by atoms with Gasteiger partial charge in [-0.1, -0.05) is 42.9 Å². The molecule has 0 aromatic rings. The lowest BCUT2D eigenvalue weighted by Gasteiger charge is -2.29. The maximum absolute atomic E-state index is 12.4. The highest BCUT2D eigenvalue weighted by atomic mass is 16.6. The number of carbonyl (C=O) groups is 1. The SMILES string of the molecule is C=CC(C)(CCC=C(C)C)CC(=O)OC(C)(C=C)CCC=C(C)C. The van der Waals surface area contributed by atoms with Crippen LogP contribution in [-0.2, 0) is 9.53 Å². The monoisotopic (exact) mass is 332 g/mol. The van der Waals surface area contributed by atoms with Crippen molar-refractivity contribution in [2.75, 3.05) is 0 Å². The molecule has 0 N–H and O–H groups in total. The molecule has 0 aromatic heterocycles. The van der Waals surface area contributed by atoms with Gasteiger partial charge in [0.1, 0.15) is 5.60 Å². The Balaban J connectivity index is 4.75. The van der Waals surface area contributed by atoms with E-state index in [9.17, 15) is 4.79 Å². The first-order valence-electron chi connectivity index (χ1n) is 8.81. The van der Waals surface area contributed by atoms with E-state index >= 15 is 0 Å². The van der Waals surface area contributed by atoms with Crippen LogP contribution in [-0.4, -0.2) is 11.6 Å². The van der Waals surface area contributed by atoms with Crippen molar-refractivity contribution in [3.05, 3.63) is 48.6 Å². The average molecular weight is 333 g/mol. The van der Waals surface area contributed by atoms with E-state index in [1.165, 1.54) is 11.1 Å². The maximum atomic E-state index is 12.4. The lowest BCUT2D eigenvalue weighted by molar-refractivity contribution is -0.156. The molecule has 0 spiro atoms. The number of hydrogen-bond donors (Lipinski definition) is 0. The minimum atomic E-state index is -0.620. The molecule has 0 rings (SSSR count). The molecule has 2 atom stereocenters. The number of esters is 1. The summed E-state index contributed by atoms with van der Waals surface area (Å²) in [4.78, 5) is 12.4. The molecule has 2 unspecified atom stereocenters. The zero-order valence-corrected chi connectivity index (χ0v) is 16.6. The van der Waals surface area contributed by atoms with Gasteiger partial charge in [0.05, 0.1) is 6.42 Å². The highest BCUT2D eigenvalue weighted by Crippen LogP contribution is 2.31. The van der Waals surface area contributed by atoms with Crippen LogP contribution in [0, 0.1) is 5.41 Å². The van der Waals surface area contributed by atoms with Crippen molar-refractivity contribution < 1.29 is 9.53 Å². The fourth-order valence-electron chi connectivity index (χ4n) is 2.42. The standard InChI is InChI=1S/C22H36O2/c1-9-21(7,15-11-13-18(3)4)17-20(23)24-22(8,10-2)16-12-14-19(5)6/h9-10,13-14H,1-2,11-12,15-17H2,3-8H3. The van der Waals surface area contributed by atoms with Gasteiger partial charge in [-0.15, -0.1) is 6.58 Å². The molecule has 0 aliphatic rings. The van der Waals surface area contributed by atoms with E-state index in [1.807, 2.05) is 13.0 Å². The van der Waals surface area contributed by atoms with Crippen LogP contribution in [0.2, 0.25) is 0 Å². The quantitative estimate of drug-likeness (QED) is 0.317. The molecule has 0 bridgehead atoms. The van der Waals surface area contributed by atoms with Gasteiger partial charge in [-0.2, -0.15) is 0 Å². The second-order valence-electron chi connectivity index (χ2n) is 7.67. The third-order valence-electron chi connectivity index (χ3n) is 4.28. The molecule has 136 valence electrons. The van der Waals surface area contributed by atoms with Gasteiger partial charge in [-0.05, 0) is 71.8 Å². The first kappa shape index (κ1) is 22.4. The largest absolute Gasteiger partial charge is 0.455 e. The van der Waals surface area contributed by atoms with Crippen LogP contribution >= 0.6 is 0 Å². The fraction of sp³-hybridized carbons (Fsp3) is 0.591. The fourth-order valence-corrected chi connectivity index (χ4v) is 2.42. The van der Waals surface area contributed by atoms with E-state index in [1.54, 1.807) is 6.08 Å². The Morgan fingerprint density at radius 3 is 1.83 bits per heavy atom. The maximum Gasteiger partial charge on any atom is 0.307 e. The van der Waals surface area contributed by atoms with Crippen molar-refractivity contribution in [3.63, 3.8) is 0 Å². The van der Waals surface area contributed by atoms with Crippen LogP contribution in [0.4, 0.5) is 0 Å². The summed E-state index contributed by atoms with van der Waals surface area (Å²) < 4.78 is 5.74. The minimum absolute atomic E-state index is 0.186. The molecule has 0 aliphatic heterocycles. The number of allylic oxidation sites excluding steroid dienone is 5. The van der Waals surface area contributed by atoms with Gasteiger partial charge in [-0.25, -0.2) is 0 Å². The lowest BCUT2D eigenvalue weighted by Crippen LogP contribution is -2.31. The number of ether oxygens (including phenoxy) is 1.